The van der Waals surface area contributed by atoms with E-state index in [9.17, 15) is 4.79 Å². The van der Waals surface area contributed by atoms with Crippen molar-refractivity contribution in [1.82, 2.24) is 14.7 Å². The lowest BCUT2D eigenvalue weighted by Gasteiger charge is -2.01. The first-order valence-electron chi connectivity index (χ1n) is 6.09. The summed E-state index contributed by atoms with van der Waals surface area (Å²) in [6, 6.07) is 3.89. The van der Waals surface area contributed by atoms with Gasteiger partial charge >= 0.3 is 0 Å². The fraction of sp³-hybridized carbons (Fsp3) is 0.385. The van der Waals surface area contributed by atoms with Crippen molar-refractivity contribution in [3.8, 4) is 0 Å². The van der Waals surface area contributed by atoms with E-state index in [4.69, 9.17) is 0 Å². The zero-order valence-electron chi connectivity index (χ0n) is 10.3. The summed E-state index contributed by atoms with van der Waals surface area (Å²) in [5, 5.41) is 2.88. The third kappa shape index (κ3) is 3.32. The van der Waals surface area contributed by atoms with Gasteiger partial charge in [0.25, 0.3) is 0 Å². The van der Waals surface area contributed by atoms with Gasteiger partial charge in [-0.3, -0.25) is 4.79 Å². The van der Waals surface area contributed by atoms with Crippen molar-refractivity contribution in [1.29, 1.82) is 0 Å². The SMILES string of the molecule is CCCCC(=O)NCc1cn2cc(Br)ccc2n1. The van der Waals surface area contributed by atoms with Crippen molar-refractivity contribution in [2.24, 2.45) is 0 Å². The molecule has 2 aromatic heterocycles. The Morgan fingerprint density at radius 3 is 3.06 bits per heavy atom. The van der Waals surface area contributed by atoms with Gasteiger partial charge in [0.05, 0.1) is 12.2 Å². The molecular weight excluding hydrogens is 294 g/mol. The quantitative estimate of drug-likeness (QED) is 0.923. The number of nitrogens with one attached hydrogen (secondary N) is 1. The zero-order chi connectivity index (χ0) is 13.0. The van der Waals surface area contributed by atoms with Crippen LogP contribution in [0, 0.1) is 0 Å². The predicted molar refractivity (Wildman–Crippen MR) is 74.3 cm³/mol. The number of halogens is 1. The Hall–Kier alpha value is -1.36. The molecule has 0 aliphatic heterocycles. The van der Waals surface area contributed by atoms with Crippen LogP contribution >= 0.6 is 15.9 Å². The van der Waals surface area contributed by atoms with Crippen LogP contribution in [-0.4, -0.2) is 15.3 Å². The number of carbonyl (C=O) groups excluding carboxylic acids is 1. The second-order valence-electron chi connectivity index (χ2n) is 4.23. The molecule has 0 radical (unpaired) electrons. The largest absolute Gasteiger partial charge is 0.350 e. The molecule has 1 N–H and O–H groups in total. The third-order valence-electron chi connectivity index (χ3n) is 2.69. The number of fused-ring (bicyclic) bond motifs is 1. The third-order valence-corrected chi connectivity index (χ3v) is 3.16. The summed E-state index contributed by atoms with van der Waals surface area (Å²) < 4.78 is 2.95. The molecule has 0 unspecified atom stereocenters. The minimum Gasteiger partial charge on any atom is -0.350 e. The first-order valence-corrected chi connectivity index (χ1v) is 6.88. The normalized spacial score (nSPS) is 10.8. The lowest BCUT2D eigenvalue weighted by molar-refractivity contribution is -0.121. The highest BCUT2D eigenvalue weighted by atomic mass is 79.9. The van der Waals surface area contributed by atoms with Crippen LogP contribution in [0.5, 0.6) is 0 Å². The Bertz CT molecular complexity index is 550. The van der Waals surface area contributed by atoms with Gasteiger partial charge in [0.1, 0.15) is 5.65 Å². The molecule has 18 heavy (non-hydrogen) atoms. The number of rotatable bonds is 5. The van der Waals surface area contributed by atoms with Gasteiger partial charge in [0.2, 0.25) is 5.91 Å². The fourth-order valence-corrected chi connectivity index (χ4v) is 2.07. The Morgan fingerprint density at radius 2 is 2.28 bits per heavy atom. The summed E-state index contributed by atoms with van der Waals surface area (Å²) in [4.78, 5) is 15.9. The van der Waals surface area contributed by atoms with Gasteiger partial charge in [-0.05, 0) is 34.5 Å². The van der Waals surface area contributed by atoms with Crippen molar-refractivity contribution < 1.29 is 4.79 Å². The molecule has 2 rings (SSSR count). The van der Waals surface area contributed by atoms with E-state index in [1.807, 2.05) is 28.9 Å². The lowest BCUT2D eigenvalue weighted by Crippen LogP contribution is -2.22. The summed E-state index contributed by atoms with van der Waals surface area (Å²) >= 11 is 3.41. The van der Waals surface area contributed by atoms with Crippen LogP contribution < -0.4 is 5.32 Å². The van der Waals surface area contributed by atoms with Gasteiger partial charge in [-0.15, -0.1) is 0 Å². The van der Waals surface area contributed by atoms with Crippen molar-refractivity contribution in [2.75, 3.05) is 0 Å². The van der Waals surface area contributed by atoms with E-state index in [1.54, 1.807) is 0 Å². The minimum atomic E-state index is 0.0927. The fourth-order valence-electron chi connectivity index (χ4n) is 1.72. The van der Waals surface area contributed by atoms with Crippen LogP contribution in [0.4, 0.5) is 0 Å². The molecule has 96 valence electrons. The van der Waals surface area contributed by atoms with E-state index in [0.717, 1.165) is 28.7 Å². The van der Waals surface area contributed by atoms with Gasteiger partial charge in [-0.1, -0.05) is 13.3 Å². The summed E-state index contributed by atoms with van der Waals surface area (Å²) in [6.45, 7) is 2.56. The Morgan fingerprint density at radius 1 is 1.44 bits per heavy atom. The van der Waals surface area contributed by atoms with Crippen molar-refractivity contribution in [2.45, 2.75) is 32.7 Å². The molecule has 0 saturated heterocycles. The van der Waals surface area contributed by atoms with Crippen LogP contribution in [0.3, 0.4) is 0 Å². The second-order valence-corrected chi connectivity index (χ2v) is 5.14. The van der Waals surface area contributed by atoms with E-state index < -0.39 is 0 Å². The Labute approximate surface area is 115 Å². The molecule has 5 heteroatoms. The Kier molecular flexibility index (Phi) is 4.36. The molecule has 0 aromatic carbocycles. The Balaban J connectivity index is 1.97. The molecule has 2 aromatic rings. The van der Waals surface area contributed by atoms with Gasteiger partial charge in [0, 0.05) is 23.3 Å². The molecule has 2 heterocycles. The van der Waals surface area contributed by atoms with Gasteiger partial charge in [-0.25, -0.2) is 4.98 Å². The maximum absolute atomic E-state index is 11.5. The molecule has 0 atom stereocenters. The monoisotopic (exact) mass is 309 g/mol. The lowest BCUT2D eigenvalue weighted by atomic mass is 10.2. The number of imidazole rings is 1. The highest BCUT2D eigenvalue weighted by Gasteiger charge is 2.04. The summed E-state index contributed by atoms with van der Waals surface area (Å²) in [5.74, 6) is 0.0927. The molecule has 0 saturated carbocycles. The molecule has 4 nitrogen and oxygen atoms in total. The van der Waals surface area contributed by atoms with Crippen molar-refractivity contribution >= 4 is 27.5 Å². The first kappa shape index (κ1) is 13.1. The topological polar surface area (TPSA) is 46.4 Å². The molecule has 0 aliphatic carbocycles. The standard InChI is InChI=1S/C13H16BrN3O/c1-2-3-4-13(18)15-7-11-9-17-8-10(14)5-6-12(17)16-11/h5-6,8-9H,2-4,7H2,1H3,(H,15,18). The molecular formula is C13H16BrN3O. The van der Waals surface area contributed by atoms with E-state index in [-0.39, 0.29) is 5.91 Å². The maximum atomic E-state index is 11.5. The summed E-state index contributed by atoms with van der Waals surface area (Å²) in [7, 11) is 0. The highest BCUT2D eigenvalue weighted by molar-refractivity contribution is 9.10. The van der Waals surface area contributed by atoms with Crippen LogP contribution in [0.25, 0.3) is 5.65 Å². The first-order chi connectivity index (χ1) is 8.69. The number of nitrogens with zero attached hydrogens (tertiary/aromatic N) is 2. The number of hydrogen-bond donors (Lipinski definition) is 1. The smallest absolute Gasteiger partial charge is 0.220 e. The summed E-state index contributed by atoms with van der Waals surface area (Å²) in [6.07, 6.45) is 6.44. The average Bonchev–Trinajstić information content (AvgIpc) is 2.75. The second kappa shape index (κ2) is 6.00. The average molecular weight is 310 g/mol. The number of hydrogen-bond acceptors (Lipinski definition) is 2. The number of carbonyl (C=O) groups is 1. The van der Waals surface area contributed by atoms with E-state index in [2.05, 4.69) is 33.2 Å². The highest BCUT2D eigenvalue weighted by Crippen LogP contribution is 2.12. The van der Waals surface area contributed by atoms with E-state index >= 15 is 0 Å². The number of amides is 1. The molecule has 0 bridgehead atoms. The van der Waals surface area contributed by atoms with Gasteiger partial charge < -0.3 is 9.72 Å². The number of pyridine rings is 1. The molecule has 0 aliphatic rings. The number of aromatic nitrogens is 2. The van der Waals surface area contributed by atoms with Crippen LogP contribution in [-0.2, 0) is 11.3 Å². The maximum Gasteiger partial charge on any atom is 0.220 e. The summed E-state index contributed by atoms with van der Waals surface area (Å²) in [5.41, 5.74) is 1.76. The van der Waals surface area contributed by atoms with Gasteiger partial charge in [0.15, 0.2) is 0 Å². The predicted octanol–water partition coefficient (Wildman–Crippen LogP) is 2.90. The molecule has 1 amide bonds. The van der Waals surface area contributed by atoms with E-state index in [1.165, 1.54) is 0 Å². The molecule has 0 fully saturated rings. The van der Waals surface area contributed by atoms with Crippen LogP contribution in [0.2, 0.25) is 0 Å². The zero-order valence-corrected chi connectivity index (χ0v) is 11.9. The van der Waals surface area contributed by atoms with Crippen molar-refractivity contribution in [3.05, 3.63) is 34.7 Å². The van der Waals surface area contributed by atoms with E-state index in [0.29, 0.717) is 13.0 Å². The van der Waals surface area contributed by atoms with Crippen LogP contribution in [0.1, 0.15) is 31.9 Å². The number of unbranched alkanes of at least 4 members (excludes halogenated alkanes) is 1. The van der Waals surface area contributed by atoms with Crippen LogP contribution in [0.15, 0.2) is 29.0 Å². The van der Waals surface area contributed by atoms with Crippen molar-refractivity contribution in [3.63, 3.8) is 0 Å². The molecule has 0 spiro atoms. The van der Waals surface area contributed by atoms with Gasteiger partial charge in [-0.2, -0.15) is 0 Å². The minimum absolute atomic E-state index is 0.0927.